The first-order valence-electron chi connectivity index (χ1n) is 11.0. The zero-order valence-corrected chi connectivity index (χ0v) is 19.5. The molecule has 0 atom stereocenters. The maximum atomic E-state index is 14.1. The van der Waals surface area contributed by atoms with Gasteiger partial charge in [-0.25, -0.2) is 13.8 Å². The minimum absolute atomic E-state index is 0.0458. The van der Waals surface area contributed by atoms with Crippen molar-refractivity contribution in [3.8, 4) is 17.3 Å². The Bertz CT molecular complexity index is 1370. The number of imidazole rings is 1. The Morgan fingerprint density at radius 1 is 1.00 bits per heavy atom. The third kappa shape index (κ3) is 4.39. The number of pyridine rings is 1. The number of halogens is 3. The van der Waals surface area contributed by atoms with Crippen molar-refractivity contribution in [1.29, 1.82) is 0 Å². The fourth-order valence-electron chi connectivity index (χ4n) is 4.08. The molecular formula is C23H21ClF2N8O. The lowest BCUT2D eigenvalue weighted by atomic mass is 10.2. The first-order valence-corrected chi connectivity index (χ1v) is 11.5. The van der Waals surface area contributed by atoms with Crippen LogP contribution in [0.1, 0.15) is 17.8 Å². The van der Waals surface area contributed by atoms with Gasteiger partial charge in [0.15, 0.2) is 11.6 Å². The van der Waals surface area contributed by atoms with Crippen LogP contribution in [0, 0.1) is 6.92 Å². The molecule has 5 rings (SSSR count). The van der Waals surface area contributed by atoms with Crippen LogP contribution in [0.15, 0.2) is 42.7 Å². The van der Waals surface area contributed by atoms with Gasteiger partial charge in [-0.3, -0.25) is 14.3 Å². The standard InChI is InChI=1S/C23H21ClF2N8O/c1-14-3-2-4-16-18(14)28-21(19(25)26)34(16)23-30-20(15-5-7-27-8-6-15)29-22(31-23)33-11-9-32(10-12-33)17(35)13-24/h2-8,19H,9-13H2,1H3. The number of rotatable bonds is 5. The van der Waals surface area contributed by atoms with E-state index in [1.54, 1.807) is 41.6 Å². The van der Waals surface area contributed by atoms with E-state index in [0.717, 1.165) is 5.56 Å². The van der Waals surface area contributed by atoms with Crippen LogP contribution >= 0.6 is 11.6 Å². The lowest BCUT2D eigenvalue weighted by Gasteiger charge is -2.34. The highest BCUT2D eigenvalue weighted by molar-refractivity contribution is 6.27. The van der Waals surface area contributed by atoms with E-state index in [0.29, 0.717) is 54.5 Å². The molecule has 4 heterocycles. The molecule has 9 nitrogen and oxygen atoms in total. The van der Waals surface area contributed by atoms with Crippen molar-refractivity contribution >= 4 is 34.5 Å². The van der Waals surface area contributed by atoms with Crippen molar-refractivity contribution in [1.82, 2.24) is 34.4 Å². The molecule has 1 saturated heterocycles. The Hall–Kier alpha value is -3.73. The molecule has 0 bridgehead atoms. The van der Waals surface area contributed by atoms with Crippen LogP contribution in [-0.4, -0.2) is 72.4 Å². The van der Waals surface area contributed by atoms with E-state index >= 15 is 0 Å². The highest BCUT2D eigenvalue weighted by Crippen LogP contribution is 2.29. The quantitative estimate of drug-likeness (QED) is 0.389. The van der Waals surface area contributed by atoms with Gasteiger partial charge in [0.2, 0.25) is 17.8 Å². The maximum Gasteiger partial charge on any atom is 0.296 e. The summed E-state index contributed by atoms with van der Waals surface area (Å²) in [5.41, 5.74) is 2.38. The fourth-order valence-corrected chi connectivity index (χ4v) is 4.25. The normalized spacial score (nSPS) is 14.2. The van der Waals surface area contributed by atoms with Crippen LogP contribution in [0.25, 0.3) is 28.4 Å². The smallest absolute Gasteiger partial charge is 0.296 e. The van der Waals surface area contributed by atoms with E-state index in [1.165, 1.54) is 4.57 Å². The number of hydrogen-bond acceptors (Lipinski definition) is 7. The minimum atomic E-state index is -2.84. The molecule has 1 aliphatic heterocycles. The molecule has 4 aromatic rings. The Morgan fingerprint density at radius 2 is 1.71 bits per heavy atom. The second-order valence-corrected chi connectivity index (χ2v) is 8.31. The average molecular weight is 499 g/mol. The summed E-state index contributed by atoms with van der Waals surface area (Å²) in [5.74, 6) is 0.0398. The maximum absolute atomic E-state index is 14.1. The number of fused-ring (bicyclic) bond motifs is 1. The van der Waals surface area contributed by atoms with E-state index in [4.69, 9.17) is 11.6 Å². The summed E-state index contributed by atoms with van der Waals surface area (Å²) in [6, 6.07) is 8.80. The molecular weight excluding hydrogens is 478 g/mol. The second kappa shape index (κ2) is 9.49. The molecule has 1 amide bonds. The third-order valence-electron chi connectivity index (χ3n) is 5.89. The number of hydrogen-bond donors (Lipinski definition) is 0. The molecule has 35 heavy (non-hydrogen) atoms. The van der Waals surface area contributed by atoms with Crippen molar-refractivity contribution in [3.63, 3.8) is 0 Å². The molecule has 0 aliphatic carbocycles. The average Bonchev–Trinajstić information content (AvgIpc) is 3.30. The molecule has 0 N–H and O–H groups in total. The van der Waals surface area contributed by atoms with Crippen LogP contribution in [0.4, 0.5) is 14.7 Å². The lowest BCUT2D eigenvalue weighted by Crippen LogP contribution is -2.49. The predicted molar refractivity (Wildman–Crippen MR) is 127 cm³/mol. The van der Waals surface area contributed by atoms with Crippen LogP contribution in [0.5, 0.6) is 0 Å². The number of anilines is 1. The van der Waals surface area contributed by atoms with Gasteiger partial charge in [-0.05, 0) is 30.7 Å². The molecule has 12 heteroatoms. The van der Waals surface area contributed by atoms with E-state index < -0.39 is 12.2 Å². The fraction of sp³-hybridized carbons (Fsp3) is 0.304. The van der Waals surface area contributed by atoms with Gasteiger partial charge in [0, 0.05) is 44.1 Å². The number of aryl methyl sites for hydroxylation is 1. The summed E-state index contributed by atoms with van der Waals surface area (Å²) in [7, 11) is 0. The van der Waals surface area contributed by atoms with Crippen molar-refractivity contribution < 1.29 is 13.6 Å². The molecule has 1 fully saturated rings. The number of para-hydroxylation sites is 1. The summed E-state index contributed by atoms with van der Waals surface area (Å²) < 4.78 is 29.5. The predicted octanol–water partition coefficient (Wildman–Crippen LogP) is 3.41. The van der Waals surface area contributed by atoms with Crippen molar-refractivity contribution in [2.75, 3.05) is 37.0 Å². The highest BCUT2D eigenvalue weighted by Gasteiger charge is 2.26. The van der Waals surface area contributed by atoms with E-state index in [2.05, 4.69) is 24.9 Å². The lowest BCUT2D eigenvalue weighted by molar-refractivity contribution is -0.128. The van der Waals surface area contributed by atoms with Crippen molar-refractivity contribution in [2.45, 2.75) is 13.3 Å². The van der Waals surface area contributed by atoms with Gasteiger partial charge in [-0.15, -0.1) is 11.6 Å². The molecule has 1 aromatic carbocycles. The van der Waals surface area contributed by atoms with E-state index in [9.17, 15) is 13.6 Å². The Labute approximate surface area is 204 Å². The third-order valence-corrected chi connectivity index (χ3v) is 6.12. The molecule has 0 spiro atoms. The van der Waals surface area contributed by atoms with Crippen molar-refractivity contribution in [3.05, 3.63) is 54.1 Å². The summed E-state index contributed by atoms with van der Waals surface area (Å²) in [6.07, 6.45) is 0.377. The Morgan fingerprint density at radius 3 is 2.40 bits per heavy atom. The van der Waals surface area contributed by atoms with Gasteiger partial charge in [-0.1, -0.05) is 12.1 Å². The molecule has 0 unspecified atom stereocenters. The Balaban J connectivity index is 1.65. The first-order chi connectivity index (χ1) is 17.0. The number of aromatic nitrogens is 6. The summed E-state index contributed by atoms with van der Waals surface area (Å²) in [6.45, 7) is 3.65. The van der Waals surface area contributed by atoms with Crippen LogP contribution < -0.4 is 4.90 Å². The molecule has 1 aliphatic rings. The van der Waals surface area contributed by atoms with Gasteiger partial charge in [-0.2, -0.15) is 15.0 Å². The number of nitrogens with zero attached hydrogens (tertiary/aromatic N) is 8. The van der Waals surface area contributed by atoms with Crippen LogP contribution in [-0.2, 0) is 4.79 Å². The zero-order valence-electron chi connectivity index (χ0n) is 18.8. The van der Waals surface area contributed by atoms with Gasteiger partial charge < -0.3 is 9.80 Å². The van der Waals surface area contributed by atoms with Crippen molar-refractivity contribution in [2.24, 2.45) is 0 Å². The SMILES string of the molecule is Cc1cccc2c1nc(C(F)F)n2-c1nc(-c2ccncc2)nc(N2CCN(C(=O)CCl)CC2)n1. The molecule has 0 saturated carbocycles. The van der Waals surface area contributed by atoms with Gasteiger partial charge in [0.05, 0.1) is 11.0 Å². The Kier molecular flexibility index (Phi) is 6.25. The number of benzene rings is 1. The highest BCUT2D eigenvalue weighted by atomic mass is 35.5. The van der Waals surface area contributed by atoms with Crippen LogP contribution in [0.2, 0.25) is 0 Å². The first kappa shape index (κ1) is 23.0. The number of piperazine rings is 1. The number of carbonyl (C=O) groups is 1. The van der Waals surface area contributed by atoms with Gasteiger partial charge in [0.25, 0.3) is 6.43 Å². The zero-order chi connectivity index (χ0) is 24.5. The minimum Gasteiger partial charge on any atom is -0.338 e. The summed E-state index contributed by atoms with van der Waals surface area (Å²) in [5, 5.41) is 0. The molecule has 180 valence electrons. The topological polar surface area (TPSA) is 92.9 Å². The number of amides is 1. The van der Waals surface area contributed by atoms with E-state index in [-0.39, 0.29) is 17.7 Å². The monoisotopic (exact) mass is 498 g/mol. The van der Waals surface area contributed by atoms with Gasteiger partial charge >= 0.3 is 0 Å². The molecule has 0 radical (unpaired) electrons. The van der Waals surface area contributed by atoms with Crippen LogP contribution in [0.3, 0.4) is 0 Å². The largest absolute Gasteiger partial charge is 0.338 e. The summed E-state index contributed by atoms with van der Waals surface area (Å²) >= 11 is 5.69. The second-order valence-electron chi connectivity index (χ2n) is 8.05. The number of carbonyl (C=O) groups excluding carboxylic acids is 1. The number of alkyl halides is 3. The van der Waals surface area contributed by atoms with E-state index in [1.807, 2.05) is 17.9 Å². The van der Waals surface area contributed by atoms with Gasteiger partial charge in [0.1, 0.15) is 5.88 Å². The summed E-state index contributed by atoms with van der Waals surface area (Å²) in [4.78, 5) is 37.5. The molecule has 3 aromatic heterocycles.